The van der Waals surface area contributed by atoms with E-state index in [4.69, 9.17) is 5.73 Å². The minimum atomic E-state index is -0.230. The van der Waals surface area contributed by atoms with Crippen LogP contribution in [0.5, 0.6) is 0 Å². The second kappa shape index (κ2) is 6.39. The molecule has 21 heavy (non-hydrogen) atoms. The van der Waals surface area contributed by atoms with Gasteiger partial charge in [0.05, 0.1) is 0 Å². The molecule has 0 aliphatic rings. The summed E-state index contributed by atoms with van der Waals surface area (Å²) >= 11 is 0. The molecule has 0 bridgehead atoms. The Morgan fingerprint density at radius 1 is 1.24 bits per heavy atom. The van der Waals surface area contributed by atoms with E-state index < -0.39 is 0 Å². The van der Waals surface area contributed by atoms with Crippen LogP contribution < -0.4 is 11.1 Å². The van der Waals surface area contributed by atoms with Crippen LogP contribution in [0, 0.1) is 5.82 Å². The first-order valence-electron chi connectivity index (χ1n) is 6.87. The number of nitrogen functional groups attached to an aromatic ring is 1. The Labute approximate surface area is 124 Å². The van der Waals surface area contributed by atoms with Crippen molar-refractivity contribution >= 4 is 17.2 Å². The van der Waals surface area contributed by atoms with Gasteiger partial charge in [-0.2, -0.15) is 0 Å². The van der Waals surface area contributed by atoms with E-state index in [9.17, 15) is 9.18 Å². The van der Waals surface area contributed by atoms with Gasteiger partial charge in [-0.3, -0.25) is 4.79 Å². The lowest BCUT2D eigenvalue weighted by Crippen LogP contribution is -2.18. The fourth-order valence-corrected chi connectivity index (χ4v) is 2.28. The molecule has 1 atom stereocenters. The largest absolute Gasteiger partial charge is 0.398 e. The minimum absolute atomic E-state index is 0.0431. The number of nitrogens with two attached hydrogens (primary N) is 1. The summed E-state index contributed by atoms with van der Waals surface area (Å²) in [5, 5.41) is 3.33. The molecule has 3 nitrogen and oxygen atoms in total. The van der Waals surface area contributed by atoms with Gasteiger partial charge in [-0.1, -0.05) is 12.1 Å². The second-order valence-corrected chi connectivity index (χ2v) is 5.23. The predicted molar refractivity (Wildman–Crippen MR) is 84.0 cm³/mol. The molecule has 2 aromatic carbocycles. The maximum atomic E-state index is 12.9. The van der Waals surface area contributed by atoms with Crippen LogP contribution in [0.25, 0.3) is 0 Å². The van der Waals surface area contributed by atoms with Crippen molar-refractivity contribution in [2.75, 3.05) is 11.1 Å². The summed E-state index contributed by atoms with van der Waals surface area (Å²) in [6, 6.07) is 12.0. The third-order valence-electron chi connectivity index (χ3n) is 3.30. The molecule has 0 fully saturated rings. The standard InChI is InChI=1S/C17H19FN2O/c1-11(9-13-3-5-14(18)6-4-13)20-15-7-8-16(12(2)21)17(19)10-15/h3-8,10-11,20H,9,19H2,1-2H3. The highest BCUT2D eigenvalue weighted by Gasteiger charge is 2.08. The van der Waals surface area contributed by atoms with E-state index in [2.05, 4.69) is 5.32 Å². The van der Waals surface area contributed by atoms with Gasteiger partial charge in [0.15, 0.2) is 5.78 Å². The quantitative estimate of drug-likeness (QED) is 0.651. The Kier molecular flexibility index (Phi) is 4.58. The van der Waals surface area contributed by atoms with Crippen molar-refractivity contribution in [2.45, 2.75) is 26.3 Å². The van der Waals surface area contributed by atoms with Crippen LogP contribution in [-0.4, -0.2) is 11.8 Å². The van der Waals surface area contributed by atoms with E-state index in [0.29, 0.717) is 11.3 Å². The highest BCUT2D eigenvalue weighted by atomic mass is 19.1. The summed E-state index contributed by atoms with van der Waals surface area (Å²) in [5.74, 6) is -0.273. The first-order valence-corrected chi connectivity index (χ1v) is 6.87. The van der Waals surface area contributed by atoms with Gasteiger partial charge >= 0.3 is 0 Å². The Morgan fingerprint density at radius 2 is 1.90 bits per heavy atom. The van der Waals surface area contributed by atoms with E-state index in [1.54, 1.807) is 24.3 Å². The number of ketones is 1. The Hall–Kier alpha value is -2.36. The van der Waals surface area contributed by atoms with E-state index >= 15 is 0 Å². The number of halogens is 1. The van der Waals surface area contributed by atoms with Crippen LogP contribution >= 0.6 is 0 Å². The first-order chi connectivity index (χ1) is 9.95. The molecule has 4 heteroatoms. The molecule has 0 aliphatic heterocycles. The molecule has 110 valence electrons. The van der Waals surface area contributed by atoms with Crippen LogP contribution in [0.4, 0.5) is 15.8 Å². The number of anilines is 2. The highest BCUT2D eigenvalue weighted by molar-refractivity contribution is 5.99. The average Bonchev–Trinajstić information content (AvgIpc) is 2.41. The van der Waals surface area contributed by atoms with E-state index in [1.807, 2.05) is 13.0 Å². The number of benzene rings is 2. The third-order valence-corrected chi connectivity index (χ3v) is 3.30. The SMILES string of the molecule is CC(=O)c1ccc(NC(C)Cc2ccc(F)cc2)cc1N. The lowest BCUT2D eigenvalue weighted by molar-refractivity contribution is 0.101. The summed E-state index contributed by atoms with van der Waals surface area (Å²) < 4.78 is 12.9. The molecule has 2 rings (SSSR count). The van der Waals surface area contributed by atoms with Gasteiger partial charge in [0.25, 0.3) is 0 Å². The first kappa shape index (κ1) is 15.0. The molecule has 2 aromatic rings. The lowest BCUT2D eigenvalue weighted by atomic mass is 10.1. The molecule has 0 radical (unpaired) electrons. The number of hydrogen-bond donors (Lipinski definition) is 2. The highest BCUT2D eigenvalue weighted by Crippen LogP contribution is 2.20. The van der Waals surface area contributed by atoms with Gasteiger partial charge in [0.2, 0.25) is 0 Å². The maximum Gasteiger partial charge on any atom is 0.161 e. The summed E-state index contributed by atoms with van der Waals surface area (Å²) in [6.45, 7) is 3.54. The van der Waals surface area contributed by atoms with Crippen molar-refractivity contribution in [3.63, 3.8) is 0 Å². The second-order valence-electron chi connectivity index (χ2n) is 5.23. The van der Waals surface area contributed by atoms with Crippen LogP contribution in [-0.2, 0) is 6.42 Å². The zero-order valence-corrected chi connectivity index (χ0v) is 12.2. The van der Waals surface area contributed by atoms with E-state index in [-0.39, 0.29) is 17.6 Å². The normalized spacial score (nSPS) is 12.0. The molecular formula is C17H19FN2O. The van der Waals surface area contributed by atoms with Crippen molar-refractivity contribution in [3.05, 3.63) is 59.4 Å². The fourth-order valence-electron chi connectivity index (χ4n) is 2.28. The van der Waals surface area contributed by atoms with Crippen molar-refractivity contribution in [1.82, 2.24) is 0 Å². The number of nitrogens with one attached hydrogen (secondary N) is 1. The molecule has 1 unspecified atom stereocenters. The zero-order chi connectivity index (χ0) is 15.4. The molecular weight excluding hydrogens is 267 g/mol. The van der Waals surface area contributed by atoms with Crippen LogP contribution in [0.1, 0.15) is 29.8 Å². The van der Waals surface area contributed by atoms with E-state index in [0.717, 1.165) is 17.7 Å². The topological polar surface area (TPSA) is 55.1 Å². The molecule has 0 aliphatic carbocycles. The number of carbonyl (C=O) groups is 1. The monoisotopic (exact) mass is 286 g/mol. The van der Waals surface area contributed by atoms with Crippen molar-refractivity contribution < 1.29 is 9.18 Å². The smallest absolute Gasteiger partial charge is 0.161 e. The summed E-state index contributed by atoms with van der Waals surface area (Å²) in [5.41, 5.74) is 8.80. The van der Waals surface area contributed by atoms with Gasteiger partial charge in [-0.05, 0) is 56.2 Å². The Morgan fingerprint density at radius 3 is 2.48 bits per heavy atom. The van der Waals surface area contributed by atoms with Gasteiger partial charge < -0.3 is 11.1 Å². The molecule has 0 heterocycles. The predicted octanol–water partition coefficient (Wildman–Crippen LogP) is 3.65. The number of hydrogen-bond acceptors (Lipinski definition) is 3. The van der Waals surface area contributed by atoms with Gasteiger partial charge in [-0.15, -0.1) is 0 Å². The number of rotatable bonds is 5. The molecule has 0 amide bonds. The van der Waals surface area contributed by atoms with Gasteiger partial charge in [0.1, 0.15) is 5.82 Å². The average molecular weight is 286 g/mol. The Balaban J connectivity index is 2.02. The van der Waals surface area contributed by atoms with Gasteiger partial charge in [-0.25, -0.2) is 4.39 Å². The van der Waals surface area contributed by atoms with Crippen molar-refractivity contribution in [1.29, 1.82) is 0 Å². The molecule has 0 saturated heterocycles. The fraction of sp³-hybridized carbons (Fsp3) is 0.235. The molecule has 0 aromatic heterocycles. The minimum Gasteiger partial charge on any atom is -0.398 e. The number of Topliss-reactive ketones (excluding diaryl/α,β-unsaturated/α-hetero) is 1. The number of carbonyl (C=O) groups excluding carboxylic acids is 1. The van der Waals surface area contributed by atoms with Crippen LogP contribution in [0.2, 0.25) is 0 Å². The summed E-state index contributed by atoms with van der Waals surface area (Å²) in [7, 11) is 0. The summed E-state index contributed by atoms with van der Waals surface area (Å²) in [6.07, 6.45) is 0.772. The Bertz CT molecular complexity index is 638. The van der Waals surface area contributed by atoms with E-state index in [1.165, 1.54) is 19.1 Å². The molecule has 3 N–H and O–H groups in total. The molecule has 0 saturated carbocycles. The van der Waals surface area contributed by atoms with Crippen molar-refractivity contribution in [2.24, 2.45) is 0 Å². The maximum absolute atomic E-state index is 12.9. The zero-order valence-electron chi connectivity index (χ0n) is 12.2. The lowest BCUT2D eigenvalue weighted by Gasteiger charge is -2.16. The third kappa shape index (κ3) is 4.05. The van der Waals surface area contributed by atoms with Crippen LogP contribution in [0.15, 0.2) is 42.5 Å². The van der Waals surface area contributed by atoms with Crippen molar-refractivity contribution in [3.8, 4) is 0 Å². The summed E-state index contributed by atoms with van der Waals surface area (Å²) in [4.78, 5) is 11.3. The van der Waals surface area contributed by atoms with Gasteiger partial charge in [0, 0.05) is 23.0 Å². The van der Waals surface area contributed by atoms with Crippen LogP contribution in [0.3, 0.4) is 0 Å². The molecule has 0 spiro atoms.